The zero-order valence-corrected chi connectivity index (χ0v) is 16.4. The first-order valence-corrected chi connectivity index (χ1v) is 9.64. The van der Waals surface area contributed by atoms with Gasteiger partial charge in [-0.2, -0.15) is 0 Å². The van der Waals surface area contributed by atoms with Crippen LogP contribution in [0.3, 0.4) is 0 Å². The highest BCUT2D eigenvalue weighted by atomic mass is 16.5. The fourth-order valence-corrected chi connectivity index (χ4v) is 3.62. The van der Waals surface area contributed by atoms with Crippen LogP contribution in [0.2, 0.25) is 0 Å². The Balaban J connectivity index is 1.47. The molecule has 1 atom stereocenters. The third-order valence-electron chi connectivity index (χ3n) is 5.13. The Bertz CT molecular complexity index is 1040. The van der Waals surface area contributed by atoms with E-state index in [1.807, 2.05) is 61.5 Å². The van der Waals surface area contributed by atoms with E-state index in [9.17, 15) is 9.59 Å². The van der Waals surface area contributed by atoms with Crippen molar-refractivity contribution in [3.05, 3.63) is 71.6 Å². The predicted octanol–water partition coefficient (Wildman–Crippen LogP) is 4.17. The van der Waals surface area contributed by atoms with Crippen molar-refractivity contribution in [1.82, 2.24) is 4.98 Å². The largest absolute Gasteiger partial charge is 0.451 e. The lowest BCUT2D eigenvalue weighted by molar-refractivity contribution is -0.122. The number of fused-ring (bicyclic) bond motifs is 1. The Morgan fingerprint density at radius 1 is 1.14 bits per heavy atom. The average Bonchev–Trinajstić information content (AvgIpc) is 3.14. The molecule has 0 radical (unpaired) electrons. The third-order valence-corrected chi connectivity index (χ3v) is 5.13. The quantitative estimate of drug-likeness (QED) is 0.625. The van der Waals surface area contributed by atoms with Gasteiger partial charge in [-0.1, -0.05) is 36.4 Å². The minimum Gasteiger partial charge on any atom is -0.451 e. The molecule has 1 aromatic heterocycles. The highest BCUT2D eigenvalue weighted by Crippen LogP contribution is 2.30. The number of carbonyl (C=O) groups excluding carboxylic acids is 2. The summed E-state index contributed by atoms with van der Waals surface area (Å²) in [6.07, 6.45) is 1.81. The van der Waals surface area contributed by atoms with Crippen molar-refractivity contribution in [2.75, 3.05) is 11.5 Å². The zero-order chi connectivity index (χ0) is 20.4. The van der Waals surface area contributed by atoms with Crippen LogP contribution in [-0.2, 0) is 16.0 Å². The summed E-state index contributed by atoms with van der Waals surface area (Å²) in [5, 5.41) is 0. The first-order chi connectivity index (χ1) is 14.0. The number of hydrogen-bond acceptors (Lipinski definition) is 5. The molecule has 0 saturated heterocycles. The van der Waals surface area contributed by atoms with Gasteiger partial charge in [-0.3, -0.25) is 4.79 Å². The number of esters is 1. The molecule has 0 spiro atoms. The molecule has 1 aliphatic heterocycles. The second kappa shape index (κ2) is 7.91. The van der Waals surface area contributed by atoms with E-state index in [0.717, 1.165) is 29.7 Å². The third kappa shape index (κ3) is 3.78. The zero-order valence-electron chi connectivity index (χ0n) is 16.4. The van der Waals surface area contributed by atoms with Gasteiger partial charge in [-0.05, 0) is 50.5 Å². The molecule has 2 heterocycles. The maximum absolute atomic E-state index is 12.8. The van der Waals surface area contributed by atoms with E-state index in [-0.39, 0.29) is 24.2 Å². The molecule has 0 fully saturated rings. The van der Waals surface area contributed by atoms with Crippen molar-refractivity contribution < 1.29 is 18.7 Å². The van der Waals surface area contributed by atoms with Crippen molar-refractivity contribution in [3.63, 3.8) is 0 Å². The summed E-state index contributed by atoms with van der Waals surface area (Å²) in [5.41, 5.74) is 2.87. The smallest absolute Gasteiger partial charge is 0.361 e. The number of carbonyl (C=O) groups is 2. The standard InChI is InChI=1S/C23H22N2O4/c1-15-12-13-17-8-6-7-11-19(17)25(15)20(26)14-28-23(27)21-16(2)29-22(24-21)18-9-4-3-5-10-18/h3-11,15H,12-14H2,1-2H3/t15-/m1/s1. The van der Waals surface area contributed by atoms with Crippen LogP contribution in [-0.4, -0.2) is 29.5 Å². The van der Waals surface area contributed by atoms with E-state index in [4.69, 9.17) is 9.15 Å². The molecule has 0 unspecified atom stereocenters. The van der Waals surface area contributed by atoms with E-state index < -0.39 is 5.97 Å². The topological polar surface area (TPSA) is 72.6 Å². The van der Waals surface area contributed by atoms with Crippen molar-refractivity contribution in [2.45, 2.75) is 32.7 Å². The van der Waals surface area contributed by atoms with Gasteiger partial charge in [0.05, 0.1) is 0 Å². The predicted molar refractivity (Wildman–Crippen MR) is 109 cm³/mol. The van der Waals surface area contributed by atoms with Gasteiger partial charge < -0.3 is 14.1 Å². The molecular weight excluding hydrogens is 368 g/mol. The van der Waals surface area contributed by atoms with E-state index in [1.54, 1.807) is 11.8 Å². The Morgan fingerprint density at radius 2 is 1.86 bits per heavy atom. The van der Waals surface area contributed by atoms with Crippen LogP contribution in [0.15, 0.2) is 59.0 Å². The summed E-state index contributed by atoms with van der Waals surface area (Å²) in [6.45, 7) is 3.31. The van der Waals surface area contributed by atoms with Crippen LogP contribution in [0.4, 0.5) is 5.69 Å². The lowest BCUT2D eigenvalue weighted by Gasteiger charge is -2.35. The second-order valence-electron chi connectivity index (χ2n) is 7.15. The molecule has 29 heavy (non-hydrogen) atoms. The van der Waals surface area contributed by atoms with Crippen molar-refractivity contribution >= 4 is 17.6 Å². The van der Waals surface area contributed by atoms with E-state index in [1.165, 1.54) is 0 Å². The number of aromatic nitrogens is 1. The Kier molecular flexibility index (Phi) is 5.16. The number of para-hydroxylation sites is 1. The highest BCUT2D eigenvalue weighted by Gasteiger charge is 2.29. The van der Waals surface area contributed by atoms with Gasteiger partial charge in [0, 0.05) is 17.3 Å². The van der Waals surface area contributed by atoms with Crippen molar-refractivity contribution in [3.8, 4) is 11.5 Å². The maximum atomic E-state index is 12.8. The lowest BCUT2D eigenvalue weighted by atomic mass is 9.96. The molecule has 0 saturated carbocycles. The summed E-state index contributed by atoms with van der Waals surface area (Å²) >= 11 is 0. The van der Waals surface area contributed by atoms with Crippen LogP contribution in [0.25, 0.3) is 11.5 Å². The number of hydrogen-bond donors (Lipinski definition) is 0. The maximum Gasteiger partial charge on any atom is 0.361 e. The molecule has 4 rings (SSSR count). The summed E-state index contributed by atoms with van der Waals surface area (Å²) in [5.74, 6) is -0.208. The number of anilines is 1. The molecule has 6 nitrogen and oxygen atoms in total. The van der Waals surface area contributed by atoms with Crippen LogP contribution in [0.1, 0.15) is 35.2 Å². The summed E-state index contributed by atoms with van der Waals surface area (Å²) in [7, 11) is 0. The minimum absolute atomic E-state index is 0.0505. The molecule has 3 aromatic rings. The normalized spacial score (nSPS) is 15.7. The van der Waals surface area contributed by atoms with Crippen LogP contribution < -0.4 is 4.90 Å². The molecule has 1 aliphatic rings. The fraction of sp³-hybridized carbons (Fsp3) is 0.261. The number of rotatable bonds is 4. The number of nitrogens with zero attached hydrogens (tertiary/aromatic N) is 2. The van der Waals surface area contributed by atoms with Crippen LogP contribution >= 0.6 is 0 Å². The Hall–Kier alpha value is -3.41. The molecule has 0 bridgehead atoms. The van der Waals surface area contributed by atoms with Gasteiger partial charge in [0.2, 0.25) is 5.89 Å². The molecule has 148 valence electrons. The molecule has 0 aliphatic carbocycles. The monoisotopic (exact) mass is 390 g/mol. The number of benzene rings is 2. The summed E-state index contributed by atoms with van der Waals surface area (Å²) in [4.78, 5) is 31.3. The molecule has 1 amide bonds. The average molecular weight is 390 g/mol. The number of amides is 1. The number of ether oxygens (including phenoxy) is 1. The molecule has 0 N–H and O–H groups in total. The molecule has 6 heteroatoms. The fourth-order valence-electron chi connectivity index (χ4n) is 3.62. The summed E-state index contributed by atoms with van der Waals surface area (Å²) < 4.78 is 10.9. The van der Waals surface area contributed by atoms with Crippen molar-refractivity contribution in [2.24, 2.45) is 0 Å². The molecular formula is C23H22N2O4. The van der Waals surface area contributed by atoms with Crippen molar-refractivity contribution in [1.29, 1.82) is 0 Å². The van der Waals surface area contributed by atoms with E-state index in [2.05, 4.69) is 4.98 Å². The Morgan fingerprint density at radius 3 is 2.66 bits per heavy atom. The lowest BCUT2D eigenvalue weighted by Crippen LogP contribution is -2.44. The van der Waals surface area contributed by atoms with Crippen LogP contribution in [0, 0.1) is 6.92 Å². The van der Waals surface area contributed by atoms with Gasteiger partial charge in [-0.25, -0.2) is 9.78 Å². The van der Waals surface area contributed by atoms with Gasteiger partial charge in [0.1, 0.15) is 5.76 Å². The van der Waals surface area contributed by atoms with Crippen LogP contribution in [0.5, 0.6) is 0 Å². The van der Waals surface area contributed by atoms with E-state index >= 15 is 0 Å². The van der Waals surface area contributed by atoms with Gasteiger partial charge in [0.25, 0.3) is 5.91 Å². The minimum atomic E-state index is -0.667. The number of aryl methyl sites for hydroxylation is 2. The first kappa shape index (κ1) is 18.9. The first-order valence-electron chi connectivity index (χ1n) is 9.64. The number of oxazole rings is 1. The summed E-state index contributed by atoms with van der Waals surface area (Å²) in [6, 6.07) is 17.2. The highest BCUT2D eigenvalue weighted by molar-refractivity contribution is 5.98. The van der Waals surface area contributed by atoms with E-state index in [0.29, 0.717) is 11.7 Å². The Labute approximate surface area is 169 Å². The SMILES string of the molecule is Cc1oc(-c2ccccc2)nc1C(=O)OCC(=O)N1c2ccccc2CC[C@H]1C. The second-order valence-corrected chi connectivity index (χ2v) is 7.15. The van der Waals surface area contributed by atoms with Gasteiger partial charge in [-0.15, -0.1) is 0 Å². The van der Waals surface area contributed by atoms with Gasteiger partial charge >= 0.3 is 5.97 Å². The molecule has 2 aromatic carbocycles. The van der Waals surface area contributed by atoms with Gasteiger partial charge in [0.15, 0.2) is 12.3 Å².